The van der Waals surface area contributed by atoms with Crippen molar-refractivity contribution < 1.29 is 18.1 Å². The number of rotatable bonds is 7. The van der Waals surface area contributed by atoms with Crippen molar-refractivity contribution >= 4 is 14.6 Å². The van der Waals surface area contributed by atoms with Crippen molar-refractivity contribution in [3.05, 3.63) is 12.3 Å². The molecule has 96 valence electrons. The Morgan fingerprint density at radius 3 is 1.44 bits per heavy atom. The van der Waals surface area contributed by atoms with Gasteiger partial charge >= 0.3 is 8.80 Å². The smallest absolute Gasteiger partial charge is 0.371 e. The predicted molar refractivity (Wildman–Crippen MR) is 67.2 cm³/mol. The van der Waals surface area contributed by atoms with E-state index in [0.29, 0.717) is 19.8 Å². The summed E-state index contributed by atoms with van der Waals surface area (Å²) in [5.74, 6) is 0.167. The van der Waals surface area contributed by atoms with Gasteiger partial charge in [0.15, 0.2) is 0 Å². The Balaban J connectivity index is 0. The summed E-state index contributed by atoms with van der Waals surface area (Å²) in [6.45, 7) is 14.3. The molecule has 0 rings (SSSR count). The minimum atomic E-state index is -2.51. The van der Waals surface area contributed by atoms with Gasteiger partial charge in [0.2, 0.25) is 0 Å². The molecule has 0 heterocycles. The van der Waals surface area contributed by atoms with Gasteiger partial charge in [-0.3, -0.25) is 0 Å². The molecule has 0 saturated carbocycles. The maximum atomic E-state index is 9.44. The van der Waals surface area contributed by atoms with Gasteiger partial charge in [0.25, 0.3) is 0 Å². The van der Waals surface area contributed by atoms with E-state index < -0.39 is 8.80 Å². The largest absolute Gasteiger partial charge is 0.528 e. The summed E-state index contributed by atoms with van der Waals surface area (Å²) in [6, 6.07) is 0. The quantitative estimate of drug-likeness (QED) is 0.649. The average Bonchev–Trinajstić information content (AvgIpc) is 2.18. The molecular formula is C11H24O4Si. The van der Waals surface area contributed by atoms with Crippen LogP contribution in [-0.2, 0) is 18.1 Å². The fraction of sp³-hybridized carbons (Fsp3) is 0.727. The van der Waals surface area contributed by atoms with E-state index in [1.807, 2.05) is 20.8 Å². The molecule has 0 aliphatic rings. The topological polar surface area (TPSA) is 44.8 Å². The summed E-state index contributed by atoms with van der Waals surface area (Å²) in [7, 11) is -2.51. The van der Waals surface area contributed by atoms with Crippen LogP contribution in [0.3, 0.4) is 0 Å². The molecule has 0 aliphatic carbocycles. The van der Waals surface area contributed by atoms with Crippen LogP contribution in [0.25, 0.3) is 0 Å². The molecule has 4 nitrogen and oxygen atoms in total. The van der Waals surface area contributed by atoms with E-state index in [2.05, 4.69) is 6.58 Å². The predicted octanol–water partition coefficient (Wildman–Crippen LogP) is 2.36. The van der Waals surface area contributed by atoms with Crippen molar-refractivity contribution in [2.24, 2.45) is 0 Å². The molecule has 0 saturated heterocycles. The first kappa shape index (κ1) is 17.9. The molecule has 0 spiro atoms. The number of carbonyl (C=O) groups excluding carboxylic acids is 1. The van der Waals surface area contributed by atoms with Crippen molar-refractivity contribution in [3.63, 3.8) is 0 Å². The summed E-state index contributed by atoms with van der Waals surface area (Å²) in [6.07, 6.45) is 0. The van der Waals surface area contributed by atoms with Gasteiger partial charge in [-0.25, -0.2) is 0 Å². The standard InChI is InChI=1S/C8H18O3Si.C3H6O/c1-5-9-12(8-4,10-6-2)11-7-3;1-3(2)4/h8H,4-7H2,1-3H3;1-2H3. The Hall–Kier alpha value is -0.493. The molecule has 0 aromatic heterocycles. The zero-order valence-corrected chi connectivity index (χ0v) is 12.0. The van der Waals surface area contributed by atoms with E-state index in [4.69, 9.17) is 13.3 Å². The van der Waals surface area contributed by atoms with Gasteiger partial charge in [0.05, 0.1) is 0 Å². The molecule has 0 amide bonds. The highest BCUT2D eigenvalue weighted by atomic mass is 28.4. The Morgan fingerprint density at radius 2 is 1.31 bits per heavy atom. The second-order valence-electron chi connectivity index (χ2n) is 3.01. The highest BCUT2D eigenvalue weighted by molar-refractivity contribution is 6.66. The Morgan fingerprint density at radius 1 is 1.06 bits per heavy atom. The second kappa shape index (κ2) is 11.0. The van der Waals surface area contributed by atoms with E-state index in [-0.39, 0.29) is 5.78 Å². The molecule has 0 aromatic rings. The lowest BCUT2D eigenvalue weighted by Crippen LogP contribution is -2.44. The van der Waals surface area contributed by atoms with Crippen LogP contribution in [0, 0.1) is 0 Å². The molecule has 0 bridgehead atoms. The van der Waals surface area contributed by atoms with E-state index in [0.717, 1.165) is 0 Å². The summed E-state index contributed by atoms with van der Waals surface area (Å²) >= 11 is 0. The highest BCUT2D eigenvalue weighted by Crippen LogP contribution is 2.10. The lowest BCUT2D eigenvalue weighted by atomic mass is 10.6. The van der Waals surface area contributed by atoms with Crippen LogP contribution < -0.4 is 0 Å². The van der Waals surface area contributed by atoms with Crippen LogP contribution in [0.5, 0.6) is 0 Å². The third-order valence-corrected chi connectivity index (χ3v) is 3.86. The van der Waals surface area contributed by atoms with Crippen LogP contribution in [0.1, 0.15) is 34.6 Å². The van der Waals surface area contributed by atoms with Crippen LogP contribution >= 0.6 is 0 Å². The van der Waals surface area contributed by atoms with Gasteiger partial charge in [0, 0.05) is 19.8 Å². The van der Waals surface area contributed by atoms with Crippen molar-refractivity contribution in [2.45, 2.75) is 34.6 Å². The highest BCUT2D eigenvalue weighted by Gasteiger charge is 2.36. The van der Waals surface area contributed by atoms with Gasteiger partial charge in [0.1, 0.15) is 5.78 Å². The van der Waals surface area contributed by atoms with Crippen LogP contribution in [0.15, 0.2) is 12.3 Å². The summed E-state index contributed by atoms with van der Waals surface area (Å²) in [5, 5.41) is 0. The SMILES string of the molecule is C=C[Si](OCC)(OCC)OCC.CC(C)=O. The Kier molecular flexibility index (Phi) is 12.3. The fourth-order valence-corrected chi connectivity index (χ4v) is 2.72. The zero-order chi connectivity index (χ0) is 13.0. The number of hydrogen-bond donors (Lipinski definition) is 0. The lowest BCUT2D eigenvalue weighted by molar-refractivity contribution is -0.114. The van der Waals surface area contributed by atoms with Crippen LogP contribution in [-0.4, -0.2) is 34.4 Å². The maximum Gasteiger partial charge on any atom is 0.528 e. The van der Waals surface area contributed by atoms with Crippen molar-refractivity contribution in [2.75, 3.05) is 19.8 Å². The average molecular weight is 248 g/mol. The minimum Gasteiger partial charge on any atom is -0.371 e. The maximum absolute atomic E-state index is 9.44. The molecule has 5 heteroatoms. The first-order chi connectivity index (χ1) is 7.47. The van der Waals surface area contributed by atoms with E-state index in [9.17, 15) is 4.79 Å². The molecule has 0 N–H and O–H groups in total. The molecule has 0 radical (unpaired) electrons. The van der Waals surface area contributed by atoms with Crippen molar-refractivity contribution in [1.82, 2.24) is 0 Å². The van der Waals surface area contributed by atoms with Crippen LogP contribution in [0.4, 0.5) is 0 Å². The number of Topliss-reactive ketones (excluding diaryl/α,β-unsaturated/α-hetero) is 1. The molecule has 0 fully saturated rings. The third kappa shape index (κ3) is 10.0. The van der Waals surface area contributed by atoms with Crippen molar-refractivity contribution in [1.29, 1.82) is 0 Å². The third-order valence-electron chi connectivity index (χ3n) is 1.29. The molecule has 16 heavy (non-hydrogen) atoms. The summed E-state index contributed by atoms with van der Waals surface area (Å²) < 4.78 is 16.3. The minimum absolute atomic E-state index is 0.167. The second-order valence-corrected chi connectivity index (χ2v) is 5.50. The molecule has 0 aliphatic heterocycles. The van der Waals surface area contributed by atoms with Crippen LogP contribution in [0.2, 0.25) is 0 Å². The van der Waals surface area contributed by atoms with Gasteiger partial charge in [-0.2, -0.15) is 0 Å². The fourth-order valence-electron chi connectivity index (χ4n) is 0.905. The van der Waals surface area contributed by atoms with E-state index in [1.54, 1.807) is 5.70 Å². The monoisotopic (exact) mass is 248 g/mol. The van der Waals surface area contributed by atoms with E-state index >= 15 is 0 Å². The molecule has 0 unspecified atom stereocenters. The van der Waals surface area contributed by atoms with Gasteiger partial charge < -0.3 is 18.1 Å². The first-order valence-corrected chi connectivity index (χ1v) is 7.30. The molecular weight excluding hydrogens is 224 g/mol. The Bertz CT molecular complexity index is 173. The number of hydrogen-bond acceptors (Lipinski definition) is 4. The lowest BCUT2D eigenvalue weighted by Gasteiger charge is -2.24. The number of ketones is 1. The number of carbonyl (C=O) groups is 1. The Labute approximate surface area is 100.0 Å². The normalized spacial score (nSPS) is 10.3. The summed E-state index contributed by atoms with van der Waals surface area (Å²) in [5.41, 5.74) is 1.67. The van der Waals surface area contributed by atoms with Gasteiger partial charge in [-0.1, -0.05) is 6.58 Å². The van der Waals surface area contributed by atoms with Crippen molar-refractivity contribution in [3.8, 4) is 0 Å². The zero-order valence-electron chi connectivity index (χ0n) is 11.0. The first-order valence-electron chi connectivity index (χ1n) is 5.50. The van der Waals surface area contributed by atoms with Gasteiger partial charge in [-0.05, 0) is 40.3 Å². The van der Waals surface area contributed by atoms with Gasteiger partial charge in [-0.15, -0.1) is 0 Å². The molecule has 0 atom stereocenters. The van der Waals surface area contributed by atoms with E-state index in [1.165, 1.54) is 13.8 Å². The molecule has 0 aromatic carbocycles. The summed E-state index contributed by atoms with van der Waals surface area (Å²) in [4.78, 5) is 9.44.